The lowest BCUT2D eigenvalue weighted by Crippen LogP contribution is -2.37. The van der Waals surface area contributed by atoms with Gasteiger partial charge < -0.3 is 15.5 Å². The zero-order valence-corrected chi connectivity index (χ0v) is 11.8. The van der Waals surface area contributed by atoms with E-state index in [0.29, 0.717) is 12.1 Å². The topological polar surface area (TPSA) is 87.4 Å². The quantitative estimate of drug-likeness (QED) is 0.718. The van der Waals surface area contributed by atoms with E-state index in [2.05, 4.69) is 10.4 Å². The van der Waals surface area contributed by atoms with E-state index in [4.69, 9.17) is 5.11 Å². The highest BCUT2D eigenvalue weighted by molar-refractivity contribution is 5.94. The van der Waals surface area contributed by atoms with Gasteiger partial charge in [-0.25, -0.2) is 0 Å². The number of rotatable bonds is 6. The maximum atomic E-state index is 11.9. The first-order valence-electron chi connectivity index (χ1n) is 6.77. The van der Waals surface area contributed by atoms with Crippen LogP contribution in [0.1, 0.15) is 22.8 Å². The molecule has 1 aromatic heterocycles. The normalized spacial score (nSPS) is 13.7. The highest BCUT2D eigenvalue weighted by Crippen LogP contribution is 2.06. The van der Waals surface area contributed by atoms with Crippen LogP contribution in [0.4, 0.5) is 0 Å². The van der Waals surface area contributed by atoms with Crippen LogP contribution in [0.3, 0.4) is 0 Å². The van der Waals surface area contributed by atoms with Crippen molar-refractivity contribution in [2.75, 3.05) is 6.54 Å². The number of hydrogen-bond donors (Lipinski definition) is 3. The molecule has 0 bridgehead atoms. The van der Waals surface area contributed by atoms with Gasteiger partial charge >= 0.3 is 0 Å². The number of aromatic nitrogens is 2. The Morgan fingerprint density at radius 3 is 2.62 bits per heavy atom. The van der Waals surface area contributed by atoms with Crippen LogP contribution in [0.2, 0.25) is 0 Å². The molecule has 0 radical (unpaired) electrons. The molecule has 21 heavy (non-hydrogen) atoms. The smallest absolute Gasteiger partial charge is 0.251 e. The maximum absolute atomic E-state index is 11.9. The Balaban J connectivity index is 1.90. The van der Waals surface area contributed by atoms with Gasteiger partial charge in [0.1, 0.15) is 0 Å². The highest BCUT2D eigenvalue weighted by atomic mass is 16.3. The van der Waals surface area contributed by atoms with Gasteiger partial charge in [0, 0.05) is 24.5 Å². The molecule has 0 spiro atoms. The molecule has 2 aromatic rings. The van der Waals surface area contributed by atoms with Gasteiger partial charge in [0.05, 0.1) is 18.8 Å². The SMILES string of the molecule is CC(O)C(O)CNC(=O)c1ccc(Cn2cccn2)cc1. The van der Waals surface area contributed by atoms with Crippen molar-refractivity contribution in [3.05, 3.63) is 53.9 Å². The van der Waals surface area contributed by atoms with E-state index in [1.54, 1.807) is 23.0 Å². The number of benzene rings is 1. The second-order valence-electron chi connectivity index (χ2n) is 4.92. The molecule has 0 aliphatic carbocycles. The summed E-state index contributed by atoms with van der Waals surface area (Å²) < 4.78 is 1.80. The molecule has 0 aliphatic rings. The first-order valence-corrected chi connectivity index (χ1v) is 6.77. The minimum atomic E-state index is -0.965. The van der Waals surface area contributed by atoms with Crippen LogP contribution in [0, 0.1) is 0 Å². The van der Waals surface area contributed by atoms with E-state index < -0.39 is 12.2 Å². The van der Waals surface area contributed by atoms with E-state index >= 15 is 0 Å². The van der Waals surface area contributed by atoms with Gasteiger partial charge in [0.2, 0.25) is 0 Å². The number of carbonyl (C=O) groups is 1. The van der Waals surface area contributed by atoms with Gasteiger partial charge in [0.25, 0.3) is 5.91 Å². The summed E-state index contributed by atoms with van der Waals surface area (Å²) in [6.45, 7) is 2.14. The molecule has 1 amide bonds. The Kier molecular flexibility index (Phi) is 5.08. The van der Waals surface area contributed by atoms with E-state index in [9.17, 15) is 9.90 Å². The molecule has 0 fully saturated rings. The third kappa shape index (κ3) is 4.40. The number of aliphatic hydroxyl groups is 2. The molecule has 6 nitrogen and oxygen atoms in total. The molecule has 2 atom stereocenters. The monoisotopic (exact) mass is 289 g/mol. The van der Waals surface area contributed by atoms with Crippen molar-refractivity contribution in [3.8, 4) is 0 Å². The van der Waals surface area contributed by atoms with Gasteiger partial charge in [-0.15, -0.1) is 0 Å². The van der Waals surface area contributed by atoms with Crippen LogP contribution < -0.4 is 5.32 Å². The van der Waals surface area contributed by atoms with E-state index in [-0.39, 0.29) is 12.5 Å². The van der Waals surface area contributed by atoms with Crippen molar-refractivity contribution < 1.29 is 15.0 Å². The Morgan fingerprint density at radius 1 is 1.33 bits per heavy atom. The molecular formula is C15H19N3O3. The average Bonchev–Trinajstić information content (AvgIpc) is 2.98. The van der Waals surface area contributed by atoms with Crippen molar-refractivity contribution in [3.63, 3.8) is 0 Å². The van der Waals surface area contributed by atoms with Crippen LogP contribution in [-0.2, 0) is 6.54 Å². The number of hydrogen-bond acceptors (Lipinski definition) is 4. The summed E-state index contributed by atoms with van der Waals surface area (Å²) in [5, 5.41) is 25.3. The van der Waals surface area contributed by atoms with Gasteiger partial charge in [-0.1, -0.05) is 12.1 Å². The predicted octanol–water partition coefficient (Wildman–Crippen LogP) is 0.403. The lowest BCUT2D eigenvalue weighted by Gasteiger charge is -2.14. The zero-order valence-electron chi connectivity index (χ0n) is 11.8. The van der Waals surface area contributed by atoms with Gasteiger partial charge in [-0.3, -0.25) is 9.48 Å². The second-order valence-corrected chi connectivity index (χ2v) is 4.92. The molecule has 0 saturated heterocycles. The molecule has 2 unspecified atom stereocenters. The molecule has 6 heteroatoms. The van der Waals surface area contributed by atoms with Crippen molar-refractivity contribution in [2.45, 2.75) is 25.7 Å². The van der Waals surface area contributed by atoms with Crippen LogP contribution in [0.15, 0.2) is 42.7 Å². The van der Waals surface area contributed by atoms with E-state index in [0.717, 1.165) is 5.56 Å². The summed E-state index contributed by atoms with van der Waals surface area (Å²) >= 11 is 0. The van der Waals surface area contributed by atoms with Crippen LogP contribution in [-0.4, -0.2) is 44.7 Å². The van der Waals surface area contributed by atoms with Crippen molar-refractivity contribution in [1.29, 1.82) is 0 Å². The number of nitrogens with one attached hydrogen (secondary N) is 1. The lowest BCUT2D eigenvalue weighted by atomic mass is 10.1. The molecule has 1 aromatic carbocycles. The van der Waals surface area contributed by atoms with Gasteiger partial charge in [-0.05, 0) is 30.7 Å². The van der Waals surface area contributed by atoms with Crippen molar-refractivity contribution in [1.82, 2.24) is 15.1 Å². The standard InChI is InChI=1S/C15H19N3O3/c1-11(19)14(20)9-16-15(21)13-5-3-12(4-6-13)10-18-8-2-7-17-18/h2-8,11,14,19-20H,9-10H2,1H3,(H,16,21). The molecule has 0 aliphatic heterocycles. The summed E-state index contributed by atoms with van der Waals surface area (Å²) in [6, 6.07) is 9.03. The second kappa shape index (κ2) is 7.01. The molecule has 2 rings (SSSR count). The van der Waals surface area contributed by atoms with Crippen molar-refractivity contribution in [2.24, 2.45) is 0 Å². The van der Waals surface area contributed by atoms with Crippen LogP contribution in [0.5, 0.6) is 0 Å². The minimum Gasteiger partial charge on any atom is -0.391 e. The summed E-state index contributed by atoms with van der Waals surface area (Å²) in [6.07, 6.45) is 1.75. The number of amides is 1. The molecule has 3 N–H and O–H groups in total. The number of carbonyl (C=O) groups excluding carboxylic acids is 1. The van der Waals surface area contributed by atoms with E-state index in [1.165, 1.54) is 6.92 Å². The first kappa shape index (κ1) is 15.2. The number of nitrogens with zero attached hydrogens (tertiary/aromatic N) is 2. The number of aliphatic hydroxyl groups excluding tert-OH is 2. The van der Waals surface area contributed by atoms with E-state index in [1.807, 2.05) is 24.4 Å². The Labute approximate surface area is 123 Å². The Hall–Kier alpha value is -2.18. The molecule has 112 valence electrons. The maximum Gasteiger partial charge on any atom is 0.251 e. The average molecular weight is 289 g/mol. The first-order chi connectivity index (χ1) is 10.1. The lowest BCUT2D eigenvalue weighted by molar-refractivity contribution is 0.0314. The Bertz CT molecular complexity index is 564. The minimum absolute atomic E-state index is 0.0194. The van der Waals surface area contributed by atoms with Crippen LogP contribution >= 0.6 is 0 Å². The summed E-state index contributed by atoms with van der Waals surface area (Å²) in [5.41, 5.74) is 1.55. The summed E-state index contributed by atoms with van der Waals surface area (Å²) in [4.78, 5) is 11.9. The van der Waals surface area contributed by atoms with Crippen LogP contribution in [0.25, 0.3) is 0 Å². The molecular weight excluding hydrogens is 270 g/mol. The zero-order chi connectivity index (χ0) is 15.2. The summed E-state index contributed by atoms with van der Waals surface area (Å²) in [5.74, 6) is -0.277. The molecule has 1 heterocycles. The van der Waals surface area contributed by atoms with Gasteiger partial charge in [-0.2, -0.15) is 5.10 Å². The predicted molar refractivity (Wildman–Crippen MR) is 77.8 cm³/mol. The fourth-order valence-electron chi connectivity index (χ4n) is 1.81. The summed E-state index contributed by atoms with van der Waals surface area (Å²) in [7, 11) is 0. The highest BCUT2D eigenvalue weighted by Gasteiger charge is 2.13. The molecule has 0 saturated carbocycles. The fraction of sp³-hybridized carbons (Fsp3) is 0.333. The fourth-order valence-corrected chi connectivity index (χ4v) is 1.81. The third-order valence-electron chi connectivity index (χ3n) is 3.15. The largest absolute Gasteiger partial charge is 0.391 e. The van der Waals surface area contributed by atoms with Gasteiger partial charge in [0.15, 0.2) is 0 Å². The van der Waals surface area contributed by atoms with Crippen molar-refractivity contribution >= 4 is 5.91 Å². The third-order valence-corrected chi connectivity index (χ3v) is 3.15. The Morgan fingerprint density at radius 2 is 2.05 bits per heavy atom.